The van der Waals surface area contributed by atoms with Gasteiger partial charge in [-0.25, -0.2) is 9.67 Å². The maximum atomic E-state index is 14.3. The zero-order valence-corrected chi connectivity index (χ0v) is 23.1. The highest BCUT2D eigenvalue weighted by Crippen LogP contribution is 2.32. The highest BCUT2D eigenvalue weighted by molar-refractivity contribution is 6.30. The van der Waals surface area contributed by atoms with Crippen molar-refractivity contribution >= 4 is 34.2 Å². The Morgan fingerprint density at radius 3 is 2.58 bits per heavy atom. The molecule has 0 aliphatic carbocycles. The zero-order chi connectivity index (χ0) is 27.5. The molecule has 204 valence electrons. The quantitative estimate of drug-likeness (QED) is 0.304. The second kappa shape index (κ2) is 11.6. The summed E-state index contributed by atoms with van der Waals surface area (Å²) in [6, 6.07) is 23.3. The van der Waals surface area contributed by atoms with Crippen molar-refractivity contribution < 1.29 is 4.79 Å². The molecular formula is C30H31ClN8O. The van der Waals surface area contributed by atoms with E-state index in [2.05, 4.69) is 43.2 Å². The number of hydrogen-bond donors (Lipinski definition) is 1. The number of carbonyl (C=O) groups is 1. The lowest BCUT2D eigenvalue weighted by molar-refractivity contribution is -0.120. The van der Waals surface area contributed by atoms with Crippen molar-refractivity contribution in [3.05, 3.63) is 95.9 Å². The number of H-pyrrole nitrogens is 1. The molecule has 1 aliphatic heterocycles. The van der Waals surface area contributed by atoms with Gasteiger partial charge in [0.1, 0.15) is 12.1 Å². The van der Waals surface area contributed by atoms with E-state index in [0.29, 0.717) is 11.6 Å². The lowest BCUT2D eigenvalue weighted by atomic mass is 10.0. The normalized spacial score (nSPS) is 15.3. The van der Waals surface area contributed by atoms with Gasteiger partial charge in [-0.3, -0.25) is 9.69 Å². The number of carbonyl (C=O) groups excluding carboxylic acids is 1. The van der Waals surface area contributed by atoms with Crippen LogP contribution >= 0.6 is 11.6 Å². The topological polar surface area (TPSA) is 86.2 Å². The summed E-state index contributed by atoms with van der Waals surface area (Å²) in [5.74, 6) is -0.0796. The summed E-state index contributed by atoms with van der Waals surface area (Å²) in [4.78, 5) is 28.3. The standard InChI is InChI=1S/C30H31ClN8O/c1-36-13-15-37(16-14-36)19-29(23-5-4-6-24(31)17-23)39(25-11-9-22(10-12-25)27-18-32-21-33-27)30(40)20-38-28-8-3-2-7-26(28)34-35-38/h2-12,17-18,21,29H,13-16,19-20H2,1H3,(H,32,33). The number of imidazole rings is 1. The number of rotatable bonds is 8. The van der Waals surface area contributed by atoms with Gasteiger partial charge in [0.05, 0.1) is 29.8 Å². The van der Waals surface area contributed by atoms with Crippen LogP contribution in [0.15, 0.2) is 85.3 Å². The molecule has 6 rings (SSSR count). The third-order valence-corrected chi connectivity index (χ3v) is 7.74. The molecule has 2 aromatic heterocycles. The Kier molecular flexibility index (Phi) is 7.59. The number of nitrogens with one attached hydrogen (secondary N) is 1. The van der Waals surface area contributed by atoms with E-state index in [1.165, 1.54) is 0 Å². The van der Waals surface area contributed by atoms with E-state index in [1.807, 2.05) is 71.6 Å². The minimum Gasteiger partial charge on any atom is -0.345 e. The Morgan fingerprint density at radius 1 is 1.02 bits per heavy atom. The number of nitrogens with zero attached hydrogens (tertiary/aromatic N) is 7. The van der Waals surface area contributed by atoms with Crippen molar-refractivity contribution in [3.63, 3.8) is 0 Å². The molecule has 0 bridgehead atoms. The van der Waals surface area contributed by atoms with Crippen molar-refractivity contribution in [3.8, 4) is 11.3 Å². The second-order valence-electron chi connectivity index (χ2n) is 10.2. The summed E-state index contributed by atoms with van der Waals surface area (Å²) < 4.78 is 1.68. The Bertz CT molecular complexity index is 1580. The number of amides is 1. The Balaban J connectivity index is 1.40. The number of halogens is 1. The largest absolute Gasteiger partial charge is 0.345 e. The van der Waals surface area contributed by atoms with Gasteiger partial charge < -0.3 is 14.8 Å². The maximum absolute atomic E-state index is 14.3. The molecule has 1 N–H and O–H groups in total. The Labute approximate surface area is 238 Å². The Morgan fingerprint density at radius 2 is 1.82 bits per heavy atom. The zero-order valence-electron chi connectivity index (χ0n) is 22.3. The van der Waals surface area contributed by atoms with Crippen molar-refractivity contribution in [2.24, 2.45) is 0 Å². The molecule has 9 nitrogen and oxygen atoms in total. The minimum absolute atomic E-state index is 0.0582. The minimum atomic E-state index is -0.262. The molecule has 0 saturated carbocycles. The van der Waals surface area contributed by atoms with Crippen molar-refractivity contribution in [1.29, 1.82) is 0 Å². The van der Waals surface area contributed by atoms with Crippen molar-refractivity contribution in [2.45, 2.75) is 12.6 Å². The number of likely N-dealkylation sites (N-methyl/N-ethyl adjacent to an activating group) is 1. The number of anilines is 1. The molecule has 3 aromatic carbocycles. The van der Waals surface area contributed by atoms with Gasteiger partial charge in [-0.15, -0.1) is 5.10 Å². The van der Waals surface area contributed by atoms with Crippen LogP contribution in [0.4, 0.5) is 5.69 Å². The molecule has 1 amide bonds. The number of aromatic amines is 1. The molecule has 1 aliphatic rings. The van der Waals surface area contributed by atoms with E-state index < -0.39 is 0 Å². The molecule has 5 aromatic rings. The predicted octanol–water partition coefficient (Wildman–Crippen LogP) is 4.50. The fraction of sp³-hybridized carbons (Fsp3) is 0.267. The van der Waals surface area contributed by atoms with Crippen LogP contribution in [-0.2, 0) is 11.3 Å². The molecular weight excluding hydrogens is 524 g/mol. The summed E-state index contributed by atoms with van der Waals surface area (Å²) in [5.41, 5.74) is 5.28. The van der Waals surface area contributed by atoms with Gasteiger partial charge in [-0.05, 0) is 54.6 Å². The molecule has 0 spiro atoms. The van der Waals surface area contributed by atoms with E-state index in [1.54, 1.807) is 17.2 Å². The van der Waals surface area contributed by atoms with Gasteiger partial charge in [0.25, 0.3) is 0 Å². The van der Waals surface area contributed by atoms with Gasteiger partial charge in [-0.1, -0.05) is 53.2 Å². The molecule has 1 atom stereocenters. The van der Waals surface area contributed by atoms with Crippen molar-refractivity contribution in [2.75, 3.05) is 44.7 Å². The summed E-state index contributed by atoms with van der Waals surface area (Å²) in [5, 5.41) is 9.21. The first-order valence-corrected chi connectivity index (χ1v) is 13.8. The number of aromatic nitrogens is 5. The summed E-state index contributed by atoms with van der Waals surface area (Å²) in [6.45, 7) is 4.58. The average Bonchev–Trinajstić information content (AvgIpc) is 3.65. The highest BCUT2D eigenvalue weighted by Gasteiger charge is 2.30. The van der Waals surface area contributed by atoms with E-state index in [0.717, 1.165) is 59.7 Å². The molecule has 40 heavy (non-hydrogen) atoms. The van der Waals surface area contributed by atoms with Gasteiger partial charge in [-0.2, -0.15) is 0 Å². The molecule has 0 radical (unpaired) electrons. The van der Waals surface area contributed by atoms with E-state index >= 15 is 0 Å². The van der Waals surface area contributed by atoms with Crippen LogP contribution in [0.1, 0.15) is 11.6 Å². The van der Waals surface area contributed by atoms with Gasteiger partial charge in [0, 0.05) is 43.4 Å². The fourth-order valence-electron chi connectivity index (χ4n) is 5.28. The van der Waals surface area contributed by atoms with Crippen LogP contribution in [0.25, 0.3) is 22.3 Å². The average molecular weight is 555 g/mol. The Hall–Kier alpha value is -4.05. The van der Waals surface area contributed by atoms with Crippen LogP contribution in [0.5, 0.6) is 0 Å². The molecule has 3 heterocycles. The first-order chi connectivity index (χ1) is 19.5. The first kappa shape index (κ1) is 26.2. The van der Waals surface area contributed by atoms with Gasteiger partial charge >= 0.3 is 0 Å². The lowest BCUT2D eigenvalue weighted by Gasteiger charge is -2.39. The number of benzene rings is 3. The van der Waals surface area contributed by atoms with Crippen LogP contribution in [0.3, 0.4) is 0 Å². The van der Waals surface area contributed by atoms with E-state index in [-0.39, 0.29) is 18.5 Å². The maximum Gasteiger partial charge on any atom is 0.249 e. The molecule has 10 heteroatoms. The van der Waals surface area contributed by atoms with Gasteiger partial charge in [0.2, 0.25) is 5.91 Å². The summed E-state index contributed by atoms with van der Waals surface area (Å²) >= 11 is 6.48. The number of para-hydroxylation sites is 1. The second-order valence-corrected chi connectivity index (χ2v) is 10.6. The van der Waals surface area contributed by atoms with E-state index in [4.69, 9.17) is 11.6 Å². The highest BCUT2D eigenvalue weighted by atomic mass is 35.5. The lowest BCUT2D eigenvalue weighted by Crippen LogP contribution is -2.49. The number of hydrogen-bond acceptors (Lipinski definition) is 6. The molecule has 1 fully saturated rings. The first-order valence-electron chi connectivity index (χ1n) is 13.4. The fourth-order valence-corrected chi connectivity index (χ4v) is 5.48. The van der Waals surface area contributed by atoms with E-state index in [9.17, 15) is 4.79 Å². The predicted molar refractivity (Wildman–Crippen MR) is 157 cm³/mol. The summed E-state index contributed by atoms with van der Waals surface area (Å²) in [6.07, 6.45) is 3.45. The third-order valence-electron chi connectivity index (χ3n) is 7.50. The van der Waals surface area contributed by atoms with Crippen molar-refractivity contribution in [1.82, 2.24) is 34.8 Å². The number of piperazine rings is 1. The third kappa shape index (κ3) is 5.62. The number of fused-ring (bicyclic) bond motifs is 1. The molecule has 1 unspecified atom stereocenters. The van der Waals surface area contributed by atoms with Crippen LogP contribution in [0, 0.1) is 0 Å². The van der Waals surface area contributed by atoms with Gasteiger partial charge in [0.15, 0.2) is 0 Å². The monoisotopic (exact) mass is 554 g/mol. The smallest absolute Gasteiger partial charge is 0.249 e. The SMILES string of the molecule is CN1CCN(CC(c2cccc(Cl)c2)N(C(=O)Cn2nnc3ccccc32)c2ccc(-c3cnc[nH]3)cc2)CC1. The molecule has 1 saturated heterocycles. The van der Waals surface area contributed by atoms with Crippen LogP contribution in [-0.4, -0.2) is 80.4 Å². The van der Waals surface area contributed by atoms with Crippen LogP contribution < -0.4 is 4.90 Å². The van der Waals surface area contributed by atoms with Crippen LogP contribution in [0.2, 0.25) is 5.02 Å². The summed E-state index contributed by atoms with van der Waals surface area (Å²) in [7, 11) is 2.14.